The largest absolute Gasteiger partial charge is 0.309 e. The lowest BCUT2D eigenvalue weighted by molar-refractivity contribution is 0.953. The fraction of sp³-hybridized carbons (Fsp3) is 0. The average molecular weight is 716 g/mol. The number of benzene rings is 8. The summed E-state index contributed by atoms with van der Waals surface area (Å²) in [7, 11) is 0. The van der Waals surface area contributed by atoms with Crippen molar-refractivity contribution in [2.75, 3.05) is 0 Å². The van der Waals surface area contributed by atoms with E-state index in [1.54, 1.807) is 0 Å². The molecule has 3 aromatic heterocycles. The molecule has 0 fully saturated rings. The zero-order chi connectivity index (χ0) is 37.0. The Hall–Kier alpha value is -7.63. The van der Waals surface area contributed by atoms with Gasteiger partial charge in [0, 0.05) is 38.4 Å². The van der Waals surface area contributed by atoms with E-state index in [2.05, 4.69) is 191 Å². The van der Waals surface area contributed by atoms with Crippen molar-refractivity contribution < 1.29 is 0 Å². The molecular formula is C51H33N5. The maximum atomic E-state index is 5.26. The van der Waals surface area contributed by atoms with Crippen LogP contribution in [-0.2, 0) is 0 Å². The van der Waals surface area contributed by atoms with Gasteiger partial charge in [-0.15, -0.1) is 0 Å². The first kappa shape index (κ1) is 31.9. The van der Waals surface area contributed by atoms with E-state index in [1.807, 2.05) is 18.2 Å². The molecule has 0 saturated carbocycles. The summed E-state index contributed by atoms with van der Waals surface area (Å²) in [5, 5.41) is 4.75. The van der Waals surface area contributed by atoms with Gasteiger partial charge in [0.25, 0.3) is 0 Å². The van der Waals surface area contributed by atoms with Crippen molar-refractivity contribution in [3.63, 3.8) is 0 Å². The molecule has 5 heteroatoms. The molecule has 5 nitrogen and oxygen atoms in total. The Bertz CT molecular complexity index is 3240. The van der Waals surface area contributed by atoms with Crippen LogP contribution in [0, 0.1) is 0 Å². The average Bonchev–Trinajstić information content (AvgIpc) is 3.79. The normalized spacial score (nSPS) is 11.6. The molecule has 0 bridgehead atoms. The summed E-state index contributed by atoms with van der Waals surface area (Å²) >= 11 is 0. The van der Waals surface area contributed by atoms with Gasteiger partial charge in [0.15, 0.2) is 11.6 Å². The minimum Gasteiger partial charge on any atom is -0.309 e. The molecule has 0 N–H and O–H groups in total. The Morgan fingerprint density at radius 2 is 0.768 bits per heavy atom. The van der Waals surface area contributed by atoms with E-state index >= 15 is 0 Å². The Kier molecular flexibility index (Phi) is 7.42. The van der Waals surface area contributed by atoms with Gasteiger partial charge in [-0.25, -0.2) is 4.98 Å². The molecule has 0 unspecified atom stereocenters. The molecule has 0 saturated heterocycles. The lowest BCUT2D eigenvalue weighted by Crippen LogP contribution is -2.06. The maximum Gasteiger partial charge on any atom is 0.238 e. The Labute approximate surface area is 323 Å². The van der Waals surface area contributed by atoms with Gasteiger partial charge >= 0.3 is 0 Å². The number of hydrogen-bond acceptors (Lipinski definition) is 3. The van der Waals surface area contributed by atoms with E-state index in [-0.39, 0.29) is 0 Å². The van der Waals surface area contributed by atoms with Gasteiger partial charge in [0.05, 0.1) is 22.1 Å². The van der Waals surface area contributed by atoms with E-state index < -0.39 is 0 Å². The summed E-state index contributed by atoms with van der Waals surface area (Å²) in [6.07, 6.45) is 0. The summed E-state index contributed by atoms with van der Waals surface area (Å²) in [5.41, 5.74) is 12.0. The van der Waals surface area contributed by atoms with Crippen molar-refractivity contribution in [3.8, 4) is 56.7 Å². The Morgan fingerprint density at radius 1 is 0.268 bits per heavy atom. The van der Waals surface area contributed by atoms with Crippen LogP contribution in [0.25, 0.3) is 100 Å². The highest BCUT2D eigenvalue weighted by Gasteiger charge is 2.19. The van der Waals surface area contributed by atoms with Crippen LogP contribution < -0.4 is 0 Å². The maximum absolute atomic E-state index is 5.26. The van der Waals surface area contributed by atoms with E-state index in [4.69, 9.17) is 15.0 Å². The van der Waals surface area contributed by atoms with Crippen molar-refractivity contribution in [2.24, 2.45) is 0 Å². The summed E-state index contributed by atoms with van der Waals surface area (Å²) < 4.78 is 4.54. The monoisotopic (exact) mass is 715 g/mol. The third-order valence-electron chi connectivity index (χ3n) is 10.8. The number of hydrogen-bond donors (Lipinski definition) is 0. The first-order chi connectivity index (χ1) is 27.8. The Morgan fingerprint density at radius 3 is 1.52 bits per heavy atom. The van der Waals surface area contributed by atoms with E-state index in [1.165, 1.54) is 27.4 Å². The van der Waals surface area contributed by atoms with Crippen LogP contribution in [0.1, 0.15) is 0 Å². The van der Waals surface area contributed by atoms with Gasteiger partial charge < -0.3 is 4.57 Å². The van der Waals surface area contributed by atoms with Gasteiger partial charge in [-0.05, 0) is 70.8 Å². The molecule has 0 aliphatic heterocycles. The van der Waals surface area contributed by atoms with Crippen LogP contribution in [0.5, 0.6) is 0 Å². The van der Waals surface area contributed by atoms with Gasteiger partial charge in [-0.1, -0.05) is 152 Å². The first-order valence-electron chi connectivity index (χ1n) is 18.9. The predicted molar refractivity (Wildman–Crippen MR) is 230 cm³/mol. The third-order valence-corrected chi connectivity index (χ3v) is 10.8. The second kappa shape index (κ2) is 13.0. The van der Waals surface area contributed by atoms with Crippen molar-refractivity contribution in [2.45, 2.75) is 0 Å². The summed E-state index contributed by atoms with van der Waals surface area (Å²) in [4.78, 5) is 15.5. The number of rotatable bonds is 6. The summed E-state index contributed by atoms with van der Waals surface area (Å²) in [6, 6.07) is 70.4. The first-order valence-corrected chi connectivity index (χ1v) is 18.9. The molecule has 8 aromatic carbocycles. The van der Waals surface area contributed by atoms with Crippen molar-refractivity contribution in [3.05, 3.63) is 200 Å². The topological polar surface area (TPSA) is 48.5 Å². The molecule has 0 spiro atoms. The highest BCUT2D eigenvalue weighted by molar-refractivity contribution is 6.11. The van der Waals surface area contributed by atoms with Crippen LogP contribution >= 0.6 is 0 Å². The zero-order valence-corrected chi connectivity index (χ0v) is 30.3. The van der Waals surface area contributed by atoms with E-state index in [9.17, 15) is 0 Å². The molecule has 11 rings (SSSR count). The molecule has 0 amide bonds. The fourth-order valence-electron chi connectivity index (χ4n) is 8.15. The second-order valence-corrected chi connectivity index (χ2v) is 14.1. The lowest BCUT2D eigenvalue weighted by atomic mass is 10.0. The number of nitrogens with zero attached hydrogens (tertiary/aromatic N) is 5. The van der Waals surface area contributed by atoms with Crippen molar-refractivity contribution in [1.29, 1.82) is 0 Å². The quantitative estimate of drug-likeness (QED) is 0.172. The SMILES string of the molecule is c1ccc(-c2ccc3c(c2)c2ccccc2n3-c2nc(-c3ccccc3)nc(-c3cccc(-c4ccc5c6ccccc6n(-c6ccccc6)c5c4)c3)n2)cc1. The molecule has 0 atom stereocenters. The highest BCUT2D eigenvalue weighted by Crippen LogP contribution is 2.37. The van der Waals surface area contributed by atoms with Crippen LogP contribution in [0.2, 0.25) is 0 Å². The second-order valence-electron chi connectivity index (χ2n) is 14.1. The fourth-order valence-corrected chi connectivity index (χ4v) is 8.15. The summed E-state index contributed by atoms with van der Waals surface area (Å²) in [6.45, 7) is 0. The molecule has 0 radical (unpaired) electrons. The minimum atomic E-state index is 0.576. The zero-order valence-electron chi connectivity index (χ0n) is 30.3. The lowest BCUT2D eigenvalue weighted by Gasteiger charge is -2.12. The van der Waals surface area contributed by atoms with Gasteiger partial charge in [0.1, 0.15) is 0 Å². The number of aromatic nitrogens is 5. The smallest absolute Gasteiger partial charge is 0.238 e. The highest BCUT2D eigenvalue weighted by atomic mass is 15.2. The van der Waals surface area contributed by atoms with Gasteiger partial charge in [-0.2, -0.15) is 9.97 Å². The molecule has 56 heavy (non-hydrogen) atoms. The van der Waals surface area contributed by atoms with Crippen LogP contribution in [0.4, 0.5) is 0 Å². The van der Waals surface area contributed by atoms with Crippen molar-refractivity contribution in [1.82, 2.24) is 24.1 Å². The Balaban J connectivity index is 1.09. The van der Waals surface area contributed by atoms with Crippen LogP contribution in [-0.4, -0.2) is 24.1 Å². The van der Waals surface area contributed by atoms with E-state index in [0.29, 0.717) is 17.6 Å². The minimum absolute atomic E-state index is 0.576. The van der Waals surface area contributed by atoms with Crippen molar-refractivity contribution >= 4 is 43.6 Å². The van der Waals surface area contributed by atoms with Crippen LogP contribution in [0.3, 0.4) is 0 Å². The molecule has 3 heterocycles. The molecule has 262 valence electrons. The van der Waals surface area contributed by atoms with Gasteiger partial charge in [0.2, 0.25) is 5.95 Å². The molecular weight excluding hydrogens is 683 g/mol. The molecule has 0 aliphatic rings. The van der Waals surface area contributed by atoms with Gasteiger partial charge in [-0.3, -0.25) is 4.57 Å². The van der Waals surface area contributed by atoms with E-state index in [0.717, 1.165) is 55.3 Å². The molecule has 11 aromatic rings. The van der Waals surface area contributed by atoms with Crippen LogP contribution in [0.15, 0.2) is 200 Å². The standard InChI is InChI=1S/C51H33N5/c1-4-15-34(16-5-1)37-28-30-47-44(32-37)42-24-11-13-26-46(42)56(47)51-53-49(35-17-6-2-7-18-35)52-50(54-51)39-20-14-19-36(31-39)38-27-29-43-41-23-10-12-25-45(41)55(48(43)33-38)40-21-8-3-9-22-40/h1-33H. The number of para-hydroxylation sites is 3. The third kappa shape index (κ3) is 5.29. The predicted octanol–water partition coefficient (Wildman–Crippen LogP) is 12.7. The molecule has 0 aliphatic carbocycles. The number of fused-ring (bicyclic) bond motifs is 6. The summed E-state index contributed by atoms with van der Waals surface area (Å²) in [5.74, 6) is 1.81.